The van der Waals surface area contributed by atoms with E-state index in [-0.39, 0.29) is 21.3 Å². The smallest absolute Gasteiger partial charge is 0.335 e. The van der Waals surface area contributed by atoms with E-state index in [1.165, 1.54) is 36.5 Å². The number of carbonyl (C=O) groups is 1. The number of aromatic carboxylic acids is 1. The largest absolute Gasteiger partial charge is 0.478 e. The Morgan fingerprint density at radius 2 is 1.90 bits per heavy atom. The summed E-state index contributed by atoms with van der Waals surface area (Å²) in [5.74, 6) is -1.09. The Morgan fingerprint density at radius 1 is 1.29 bits per heavy atom. The lowest BCUT2D eigenvalue weighted by Gasteiger charge is -2.09. The van der Waals surface area contributed by atoms with E-state index in [2.05, 4.69) is 25.6 Å². The standard InChI is InChI=1S/C12H8BrClN2O4S/c13-8-5-10(11(14)15-6-8)21(19,20)16-9-3-1-7(2-4-9)12(17)18/h1-6,16H,(H,17,18). The van der Waals surface area contributed by atoms with Gasteiger partial charge in [0, 0.05) is 16.4 Å². The second kappa shape index (κ2) is 6.00. The highest BCUT2D eigenvalue weighted by Crippen LogP contribution is 2.25. The van der Waals surface area contributed by atoms with Crippen molar-refractivity contribution in [3.8, 4) is 0 Å². The van der Waals surface area contributed by atoms with E-state index >= 15 is 0 Å². The number of carboxylic acid groups (broad SMARTS) is 1. The number of pyridine rings is 1. The number of nitrogens with zero attached hydrogens (tertiary/aromatic N) is 1. The van der Waals surface area contributed by atoms with Gasteiger partial charge in [-0.2, -0.15) is 0 Å². The van der Waals surface area contributed by atoms with Gasteiger partial charge in [-0.1, -0.05) is 11.6 Å². The molecule has 2 N–H and O–H groups in total. The zero-order chi connectivity index (χ0) is 15.6. The van der Waals surface area contributed by atoms with Gasteiger partial charge in [0.2, 0.25) is 0 Å². The fourth-order valence-electron chi connectivity index (χ4n) is 1.48. The molecule has 2 aromatic rings. The minimum atomic E-state index is -3.92. The molecule has 0 fully saturated rings. The summed E-state index contributed by atoms with van der Waals surface area (Å²) in [6.07, 6.45) is 1.38. The Morgan fingerprint density at radius 3 is 2.48 bits per heavy atom. The molecule has 110 valence electrons. The van der Waals surface area contributed by atoms with Crippen molar-refractivity contribution in [3.05, 3.63) is 51.7 Å². The number of nitrogens with one attached hydrogen (secondary N) is 1. The second-order valence-corrected chi connectivity index (χ2v) is 6.85. The molecule has 0 radical (unpaired) electrons. The number of hydrogen-bond donors (Lipinski definition) is 2. The van der Waals surface area contributed by atoms with Gasteiger partial charge in [0.05, 0.1) is 5.56 Å². The minimum absolute atomic E-state index is 0.0557. The van der Waals surface area contributed by atoms with E-state index in [4.69, 9.17) is 16.7 Å². The topological polar surface area (TPSA) is 96.4 Å². The highest BCUT2D eigenvalue weighted by atomic mass is 79.9. The van der Waals surface area contributed by atoms with Crippen molar-refractivity contribution >= 4 is 49.2 Å². The van der Waals surface area contributed by atoms with E-state index in [1.54, 1.807) is 0 Å². The van der Waals surface area contributed by atoms with Crippen molar-refractivity contribution < 1.29 is 18.3 Å². The molecule has 0 saturated carbocycles. The number of carboxylic acids is 1. The first-order valence-corrected chi connectivity index (χ1v) is 8.12. The van der Waals surface area contributed by atoms with Crippen molar-refractivity contribution in [2.45, 2.75) is 4.90 Å². The first-order chi connectivity index (χ1) is 9.79. The Labute approximate surface area is 134 Å². The van der Waals surface area contributed by atoms with Crippen LogP contribution in [0.4, 0.5) is 5.69 Å². The van der Waals surface area contributed by atoms with Crippen LogP contribution in [0.15, 0.2) is 45.9 Å². The summed E-state index contributed by atoms with van der Waals surface area (Å²) in [6.45, 7) is 0. The van der Waals surface area contributed by atoms with Gasteiger partial charge < -0.3 is 5.11 Å². The number of halogens is 2. The predicted molar refractivity (Wildman–Crippen MR) is 81.2 cm³/mol. The van der Waals surface area contributed by atoms with Crippen LogP contribution in [0.5, 0.6) is 0 Å². The molecule has 0 unspecified atom stereocenters. The zero-order valence-electron chi connectivity index (χ0n) is 10.2. The quantitative estimate of drug-likeness (QED) is 0.781. The Bertz CT molecular complexity index is 793. The Kier molecular flexibility index (Phi) is 4.50. The van der Waals surface area contributed by atoms with E-state index in [1.807, 2.05) is 0 Å². The van der Waals surface area contributed by atoms with Crippen LogP contribution in [-0.4, -0.2) is 24.5 Å². The second-order valence-electron chi connectivity index (χ2n) is 3.93. The van der Waals surface area contributed by atoms with Crippen LogP contribution in [0.1, 0.15) is 10.4 Å². The lowest BCUT2D eigenvalue weighted by atomic mass is 10.2. The molecule has 21 heavy (non-hydrogen) atoms. The molecular weight excluding hydrogens is 384 g/mol. The van der Waals surface area contributed by atoms with Crippen LogP contribution in [0.25, 0.3) is 0 Å². The lowest BCUT2D eigenvalue weighted by Crippen LogP contribution is -2.14. The lowest BCUT2D eigenvalue weighted by molar-refractivity contribution is 0.0697. The summed E-state index contributed by atoms with van der Waals surface area (Å²) in [4.78, 5) is 14.3. The van der Waals surface area contributed by atoms with E-state index in [9.17, 15) is 13.2 Å². The predicted octanol–water partition coefficient (Wildman–Crippen LogP) is 3.00. The number of rotatable bonds is 4. The van der Waals surface area contributed by atoms with Crippen LogP contribution in [0.3, 0.4) is 0 Å². The van der Waals surface area contributed by atoms with Gasteiger partial charge in [0.1, 0.15) is 10.0 Å². The summed E-state index contributed by atoms with van der Waals surface area (Å²) in [6, 6.07) is 6.60. The number of hydrogen-bond acceptors (Lipinski definition) is 4. The first kappa shape index (κ1) is 15.7. The summed E-state index contributed by atoms with van der Waals surface area (Å²) in [7, 11) is -3.92. The van der Waals surface area contributed by atoms with Gasteiger partial charge in [-0.3, -0.25) is 4.72 Å². The van der Waals surface area contributed by atoms with Gasteiger partial charge in [-0.15, -0.1) is 0 Å². The van der Waals surface area contributed by atoms with Crippen molar-refractivity contribution in [1.82, 2.24) is 4.98 Å². The van der Waals surface area contributed by atoms with Gasteiger partial charge in [0.15, 0.2) is 0 Å². The summed E-state index contributed by atoms with van der Waals surface area (Å²) < 4.78 is 27.2. The normalized spacial score (nSPS) is 11.1. The molecule has 0 bridgehead atoms. The van der Waals surface area contributed by atoms with E-state index in [0.717, 1.165) is 0 Å². The molecule has 0 amide bonds. The molecule has 2 rings (SSSR count). The SMILES string of the molecule is O=C(O)c1ccc(NS(=O)(=O)c2cc(Br)cnc2Cl)cc1. The third-order valence-electron chi connectivity index (χ3n) is 2.45. The monoisotopic (exact) mass is 390 g/mol. The summed E-state index contributed by atoms with van der Waals surface area (Å²) >= 11 is 8.91. The molecule has 1 aromatic heterocycles. The molecule has 9 heteroatoms. The number of anilines is 1. The average molecular weight is 392 g/mol. The van der Waals surface area contributed by atoms with Crippen LogP contribution in [0, 0.1) is 0 Å². The molecule has 1 aromatic carbocycles. The van der Waals surface area contributed by atoms with Gasteiger partial charge >= 0.3 is 5.97 Å². The van der Waals surface area contributed by atoms with Gasteiger partial charge in [-0.05, 0) is 46.3 Å². The molecule has 0 aliphatic rings. The number of benzene rings is 1. The van der Waals surface area contributed by atoms with Crippen LogP contribution in [0.2, 0.25) is 5.15 Å². The van der Waals surface area contributed by atoms with Crippen LogP contribution >= 0.6 is 27.5 Å². The maximum absolute atomic E-state index is 12.2. The Hall–Kier alpha value is -1.64. The highest BCUT2D eigenvalue weighted by Gasteiger charge is 2.19. The number of sulfonamides is 1. The Balaban J connectivity index is 2.33. The third kappa shape index (κ3) is 3.72. The highest BCUT2D eigenvalue weighted by molar-refractivity contribution is 9.10. The van der Waals surface area contributed by atoms with Crippen LogP contribution < -0.4 is 4.72 Å². The van der Waals surface area contributed by atoms with E-state index < -0.39 is 16.0 Å². The molecule has 0 aliphatic heterocycles. The molecule has 0 saturated heterocycles. The fraction of sp³-hybridized carbons (Fsp3) is 0. The molecule has 6 nitrogen and oxygen atoms in total. The first-order valence-electron chi connectivity index (χ1n) is 5.47. The number of aromatic nitrogens is 1. The van der Waals surface area contributed by atoms with Crippen molar-refractivity contribution in [2.75, 3.05) is 4.72 Å². The molecule has 0 spiro atoms. The van der Waals surface area contributed by atoms with Gasteiger partial charge in [0.25, 0.3) is 10.0 Å². The minimum Gasteiger partial charge on any atom is -0.478 e. The fourth-order valence-corrected chi connectivity index (χ4v) is 3.49. The molecule has 0 aliphatic carbocycles. The molecular formula is C12H8BrClN2O4S. The summed E-state index contributed by atoms with van der Waals surface area (Å²) in [5.41, 5.74) is 0.274. The van der Waals surface area contributed by atoms with Crippen LogP contribution in [-0.2, 0) is 10.0 Å². The van der Waals surface area contributed by atoms with Crippen molar-refractivity contribution in [2.24, 2.45) is 0 Å². The average Bonchev–Trinajstić information content (AvgIpc) is 2.41. The zero-order valence-corrected chi connectivity index (χ0v) is 13.4. The van der Waals surface area contributed by atoms with Gasteiger partial charge in [-0.25, -0.2) is 18.2 Å². The maximum Gasteiger partial charge on any atom is 0.335 e. The van der Waals surface area contributed by atoms with E-state index in [0.29, 0.717) is 4.47 Å². The molecule has 0 atom stereocenters. The third-order valence-corrected chi connectivity index (χ3v) is 4.69. The summed E-state index contributed by atoms with van der Waals surface area (Å²) in [5, 5.41) is 8.62. The van der Waals surface area contributed by atoms with Crippen molar-refractivity contribution in [1.29, 1.82) is 0 Å². The maximum atomic E-state index is 12.2. The molecule has 1 heterocycles. The van der Waals surface area contributed by atoms with Crippen molar-refractivity contribution in [3.63, 3.8) is 0 Å².